The van der Waals surface area contributed by atoms with Gasteiger partial charge in [0.1, 0.15) is 0 Å². The Labute approximate surface area is 192 Å². The number of aliphatic imine (C=N–C) groups is 1. The Kier molecular flexibility index (Phi) is 6.44. The molecule has 3 aliphatic heterocycles. The number of nitrogens with zero attached hydrogens (tertiary/aromatic N) is 3. The molecule has 32 heavy (non-hydrogen) atoms. The number of hydrogen-bond donors (Lipinski definition) is 2. The molecule has 0 aromatic heterocycles. The molecule has 2 aromatic rings. The number of piperidine rings is 1. The lowest BCUT2D eigenvalue weighted by atomic mass is 9.96. The van der Waals surface area contributed by atoms with E-state index in [4.69, 9.17) is 0 Å². The number of nitrogens with one attached hydrogen (secondary N) is 2. The molecular weight excluding hydrogens is 394 g/mol. The molecule has 5 heteroatoms. The largest absolute Gasteiger partial charge is 0.364 e. The van der Waals surface area contributed by atoms with E-state index in [0.29, 0.717) is 18.1 Å². The maximum atomic E-state index is 4.51. The number of fused-ring (bicyclic) bond motifs is 2. The fourth-order valence-corrected chi connectivity index (χ4v) is 5.57. The van der Waals surface area contributed by atoms with Crippen molar-refractivity contribution >= 4 is 11.6 Å². The average Bonchev–Trinajstić information content (AvgIpc) is 3.44. The molecule has 2 bridgehead atoms. The molecule has 2 saturated heterocycles. The summed E-state index contributed by atoms with van der Waals surface area (Å²) in [5, 5.41) is 7.27. The van der Waals surface area contributed by atoms with Gasteiger partial charge in [0.2, 0.25) is 0 Å². The van der Waals surface area contributed by atoms with Crippen LogP contribution in [0.5, 0.6) is 0 Å². The van der Waals surface area contributed by atoms with Crippen molar-refractivity contribution in [2.75, 3.05) is 25.0 Å². The van der Waals surface area contributed by atoms with Gasteiger partial charge in [0.15, 0.2) is 5.96 Å². The molecule has 2 aromatic carbocycles. The molecule has 0 spiro atoms. The van der Waals surface area contributed by atoms with Crippen LogP contribution in [0.25, 0.3) is 0 Å². The second-order valence-corrected chi connectivity index (χ2v) is 9.33. The fraction of sp³-hybridized carbons (Fsp3) is 0.444. The molecule has 5 rings (SSSR count). The summed E-state index contributed by atoms with van der Waals surface area (Å²) in [4.78, 5) is 9.64. The average molecular weight is 430 g/mol. The third kappa shape index (κ3) is 4.83. The first-order chi connectivity index (χ1) is 15.8. The standard InChI is InChI=1S/C27H35N5/c1-28-27(29-19-22-10-7-11-24(16-22)31-14-5-6-15-31)30-23-17-25-12-13-26(18-23)32(25)20-21-8-3-2-4-9-21/h2-11,16,23,25-26H,12-15,17-20H2,1H3,(H2,28,29,30). The van der Waals surface area contributed by atoms with Gasteiger partial charge >= 0.3 is 0 Å². The van der Waals surface area contributed by atoms with Gasteiger partial charge in [-0.25, -0.2) is 0 Å². The van der Waals surface area contributed by atoms with Crippen molar-refractivity contribution < 1.29 is 0 Å². The number of rotatable bonds is 6. The van der Waals surface area contributed by atoms with Gasteiger partial charge in [-0.3, -0.25) is 9.89 Å². The Bertz CT molecular complexity index is 932. The maximum Gasteiger partial charge on any atom is 0.191 e. The van der Waals surface area contributed by atoms with E-state index in [2.05, 4.69) is 92.2 Å². The van der Waals surface area contributed by atoms with Crippen LogP contribution >= 0.6 is 0 Å². The zero-order valence-corrected chi connectivity index (χ0v) is 19.1. The number of hydrogen-bond acceptors (Lipinski definition) is 3. The Hall–Kier alpha value is -2.79. The molecule has 0 amide bonds. The second kappa shape index (κ2) is 9.78. The molecule has 2 atom stereocenters. The van der Waals surface area contributed by atoms with Crippen LogP contribution in [0.1, 0.15) is 36.8 Å². The Morgan fingerprint density at radius 1 is 0.938 bits per heavy atom. The predicted octanol–water partition coefficient (Wildman–Crippen LogP) is 3.92. The summed E-state index contributed by atoms with van der Waals surface area (Å²) in [7, 11) is 1.88. The highest BCUT2D eigenvalue weighted by molar-refractivity contribution is 5.80. The van der Waals surface area contributed by atoms with E-state index in [1.807, 2.05) is 7.05 Å². The van der Waals surface area contributed by atoms with Crippen LogP contribution in [0.4, 0.5) is 5.69 Å². The first-order valence-electron chi connectivity index (χ1n) is 12.0. The summed E-state index contributed by atoms with van der Waals surface area (Å²) < 4.78 is 0. The van der Waals surface area contributed by atoms with Crippen LogP contribution in [0.3, 0.4) is 0 Å². The van der Waals surface area contributed by atoms with Crippen molar-refractivity contribution in [3.8, 4) is 0 Å². The Balaban J connectivity index is 1.14. The lowest BCUT2D eigenvalue weighted by molar-refractivity contribution is 0.114. The number of anilines is 1. The molecule has 0 saturated carbocycles. The molecule has 2 N–H and O–H groups in total. The van der Waals surface area contributed by atoms with Crippen molar-refractivity contribution in [3.05, 3.63) is 77.9 Å². The van der Waals surface area contributed by atoms with Crippen LogP contribution in [0, 0.1) is 0 Å². The summed E-state index contributed by atoms with van der Waals surface area (Å²) in [6, 6.07) is 21.6. The zero-order valence-electron chi connectivity index (χ0n) is 19.1. The molecule has 168 valence electrons. The van der Waals surface area contributed by atoms with Crippen molar-refractivity contribution in [1.29, 1.82) is 0 Å². The minimum absolute atomic E-state index is 0.493. The van der Waals surface area contributed by atoms with Gasteiger partial charge in [0.05, 0.1) is 0 Å². The fourth-order valence-electron chi connectivity index (χ4n) is 5.57. The van der Waals surface area contributed by atoms with Gasteiger partial charge in [-0.05, 0) is 48.9 Å². The summed E-state index contributed by atoms with van der Waals surface area (Å²) in [5.41, 5.74) is 4.01. The SMILES string of the molecule is CN=C(NCc1cccc(N2CC=CC2)c1)NC1CC2CCC(C1)N2Cc1ccccc1. The summed E-state index contributed by atoms with van der Waals surface area (Å²) in [6.45, 7) is 3.88. The molecule has 2 fully saturated rings. The van der Waals surface area contributed by atoms with E-state index in [1.165, 1.54) is 42.5 Å². The molecule has 5 nitrogen and oxygen atoms in total. The van der Waals surface area contributed by atoms with Crippen molar-refractivity contribution in [2.24, 2.45) is 4.99 Å². The summed E-state index contributed by atoms with van der Waals surface area (Å²) >= 11 is 0. The van der Waals surface area contributed by atoms with E-state index < -0.39 is 0 Å². The molecule has 2 unspecified atom stereocenters. The minimum atomic E-state index is 0.493. The quantitative estimate of drug-likeness (QED) is 0.415. The van der Waals surface area contributed by atoms with E-state index >= 15 is 0 Å². The van der Waals surface area contributed by atoms with E-state index in [-0.39, 0.29) is 0 Å². The zero-order chi connectivity index (χ0) is 21.8. The van der Waals surface area contributed by atoms with Crippen molar-refractivity contribution in [3.63, 3.8) is 0 Å². The van der Waals surface area contributed by atoms with Crippen LogP contribution in [0.15, 0.2) is 71.7 Å². The van der Waals surface area contributed by atoms with Gasteiger partial charge in [-0.15, -0.1) is 0 Å². The molecule has 0 aliphatic carbocycles. The molecule has 3 heterocycles. The van der Waals surface area contributed by atoms with Crippen LogP contribution in [-0.4, -0.2) is 49.1 Å². The Morgan fingerprint density at radius 3 is 2.38 bits per heavy atom. The monoisotopic (exact) mass is 429 g/mol. The third-order valence-electron chi connectivity index (χ3n) is 7.21. The van der Waals surface area contributed by atoms with Crippen molar-refractivity contribution in [2.45, 2.75) is 56.9 Å². The maximum absolute atomic E-state index is 4.51. The van der Waals surface area contributed by atoms with Gasteiger partial charge in [-0.2, -0.15) is 0 Å². The predicted molar refractivity (Wildman–Crippen MR) is 133 cm³/mol. The summed E-state index contributed by atoms with van der Waals surface area (Å²) in [6.07, 6.45) is 9.49. The van der Waals surface area contributed by atoms with E-state index in [0.717, 1.165) is 32.1 Å². The van der Waals surface area contributed by atoms with E-state index in [1.54, 1.807) is 0 Å². The van der Waals surface area contributed by atoms with Crippen molar-refractivity contribution in [1.82, 2.24) is 15.5 Å². The third-order valence-corrected chi connectivity index (χ3v) is 7.21. The van der Waals surface area contributed by atoms with Crippen LogP contribution < -0.4 is 15.5 Å². The lowest BCUT2D eigenvalue weighted by Gasteiger charge is -2.39. The smallest absolute Gasteiger partial charge is 0.191 e. The van der Waals surface area contributed by atoms with Crippen LogP contribution in [0.2, 0.25) is 0 Å². The molecule has 3 aliphatic rings. The first kappa shape index (κ1) is 21.1. The van der Waals surface area contributed by atoms with E-state index in [9.17, 15) is 0 Å². The second-order valence-electron chi connectivity index (χ2n) is 9.33. The highest BCUT2D eigenvalue weighted by atomic mass is 15.2. The first-order valence-corrected chi connectivity index (χ1v) is 12.0. The lowest BCUT2D eigenvalue weighted by Crippen LogP contribution is -2.52. The van der Waals surface area contributed by atoms with Crippen LogP contribution in [-0.2, 0) is 13.1 Å². The minimum Gasteiger partial charge on any atom is -0.364 e. The number of benzene rings is 2. The molecule has 0 radical (unpaired) electrons. The van der Waals surface area contributed by atoms with Gasteiger partial charge in [0.25, 0.3) is 0 Å². The van der Waals surface area contributed by atoms with Gasteiger partial charge < -0.3 is 15.5 Å². The topological polar surface area (TPSA) is 42.9 Å². The molecular formula is C27H35N5. The highest BCUT2D eigenvalue weighted by Gasteiger charge is 2.40. The van der Waals surface area contributed by atoms with Gasteiger partial charge in [0, 0.05) is 57.0 Å². The van der Waals surface area contributed by atoms with Gasteiger partial charge in [-0.1, -0.05) is 54.6 Å². The summed E-state index contributed by atoms with van der Waals surface area (Å²) in [5.74, 6) is 0.916. The normalized spacial score (nSPS) is 25.3. The number of guanidine groups is 1. The highest BCUT2D eigenvalue weighted by Crippen LogP contribution is 2.36. The Morgan fingerprint density at radius 2 is 1.66 bits per heavy atom.